The SMILES string of the molecule is CC(C)CC(CN)C(=O)N1CCOC2CCCC21. The summed E-state index contributed by atoms with van der Waals surface area (Å²) in [7, 11) is 0. The van der Waals surface area contributed by atoms with Gasteiger partial charge in [0.05, 0.1) is 24.7 Å². The van der Waals surface area contributed by atoms with Gasteiger partial charge in [0.2, 0.25) is 5.91 Å². The van der Waals surface area contributed by atoms with Gasteiger partial charge >= 0.3 is 0 Å². The predicted octanol–water partition coefficient (Wildman–Crippen LogP) is 1.39. The first kappa shape index (κ1) is 13.8. The summed E-state index contributed by atoms with van der Waals surface area (Å²) in [6, 6.07) is 0.312. The molecular formula is C14H26N2O2. The second-order valence-electron chi connectivity index (χ2n) is 6.00. The van der Waals surface area contributed by atoms with Crippen LogP contribution in [0.15, 0.2) is 0 Å². The topological polar surface area (TPSA) is 55.6 Å². The monoisotopic (exact) mass is 254 g/mol. The number of carbonyl (C=O) groups is 1. The van der Waals surface area contributed by atoms with Crippen LogP contribution in [-0.2, 0) is 9.53 Å². The highest BCUT2D eigenvalue weighted by Gasteiger charge is 2.39. The van der Waals surface area contributed by atoms with Gasteiger partial charge in [0.25, 0.3) is 0 Å². The van der Waals surface area contributed by atoms with Crippen molar-refractivity contribution in [3.8, 4) is 0 Å². The number of nitrogens with two attached hydrogens (primary N) is 1. The number of hydrogen-bond donors (Lipinski definition) is 1. The molecule has 18 heavy (non-hydrogen) atoms. The van der Waals surface area contributed by atoms with E-state index in [1.54, 1.807) is 0 Å². The Kier molecular flexibility index (Phi) is 4.62. The number of fused-ring (bicyclic) bond motifs is 1. The Morgan fingerprint density at radius 1 is 1.44 bits per heavy atom. The molecule has 3 unspecified atom stereocenters. The van der Waals surface area contributed by atoms with Crippen LogP contribution in [-0.4, -0.2) is 42.6 Å². The van der Waals surface area contributed by atoms with Crippen molar-refractivity contribution in [2.75, 3.05) is 19.7 Å². The van der Waals surface area contributed by atoms with E-state index in [0.717, 1.165) is 25.8 Å². The fraction of sp³-hybridized carbons (Fsp3) is 0.929. The molecule has 1 saturated carbocycles. The number of carbonyl (C=O) groups excluding carboxylic acids is 1. The number of ether oxygens (including phenoxy) is 1. The molecule has 1 aliphatic carbocycles. The lowest BCUT2D eigenvalue weighted by Gasteiger charge is -2.39. The van der Waals surface area contributed by atoms with Crippen molar-refractivity contribution in [1.29, 1.82) is 0 Å². The summed E-state index contributed by atoms with van der Waals surface area (Å²) in [5, 5.41) is 0. The van der Waals surface area contributed by atoms with Crippen molar-refractivity contribution < 1.29 is 9.53 Å². The summed E-state index contributed by atoms with van der Waals surface area (Å²) in [4.78, 5) is 14.7. The maximum atomic E-state index is 12.6. The third kappa shape index (κ3) is 2.86. The Morgan fingerprint density at radius 3 is 2.89 bits per heavy atom. The van der Waals surface area contributed by atoms with Crippen LogP contribution in [0.2, 0.25) is 0 Å². The second-order valence-corrected chi connectivity index (χ2v) is 6.00. The number of morpholine rings is 1. The molecule has 1 amide bonds. The molecule has 2 rings (SSSR count). The van der Waals surface area contributed by atoms with Gasteiger partial charge in [-0.25, -0.2) is 0 Å². The Hall–Kier alpha value is -0.610. The minimum absolute atomic E-state index is 0.00986. The molecule has 4 heteroatoms. The molecule has 0 radical (unpaired) electrons. The summed E-state index contributed by atoms with van der Waals surface area (Å²) in [5.41, 5.74) is 5.79. The fourth-order valence-electron chi connectivity index (χ4n) is 3.30. The molecular weight excluding hydrogens is 228 g/mol. The Morgan fingerprint density at radius 2 is 2.22 bits per heavy atom. The first-order valence-corrected chi connectivity index (χ1v) is 7.25. The van der Waals surface area contributed by atoms with Crippen LogP contribution in [0.1, 0.15) is 39.5 Å². The zero-order valence-corrected chi connectivity index (χ0v) is 11.6. The normalized spacial score (nSPS) is 29.4. The van der Waals surface area contributed by atoms with Gasteiger partial charge in [0.15, 0.2) is 0 Å². The maximum Gasteiger partial charge on any atom is 0.227 e. The van der Waals surface area contributed by atoms with E-state index in [2.05, 4.69) is 18.7 Å². The highest BCUT2D eigenvalue weighted by molar-refractivity contribution is 5.79. The van der Waals surface area contributed by atoms with E-state index in [0.29, 0.717) is 25.1 Å². The lowest BCUT2D eigenvalue weighted by atomic mass is 9.94. The highest BCUT2D eigenvalue weighted by atomic mass is 16.5. The summed E-state index contributed by atoms with van der Waals surface area (Å²) in [5.74, 6) is 0.763. The molecule has 0 spiro atoms. The molecule has 1 aliphatic heterocycles. The third-order valence-corrected chi connectivity index (χ3v) is 4.15. The predicted molar refractivity (Wildman–Crippen MR) is 71.1 cm³/mol. The Balaban J connectivity index is 2.02. The zero-order chi connectivity index (χ0) is 13.1. The van der Waals surface area contributed by atoms with E-state index in [4.69, 9.17) is 10.5 Å². The van der Waals surface area contributed by atoms with Crippen molar-refractivity contribution in [3.63, 3.8) is 0 Å². The minimum Gasteiger partial charge on any atom is -0.374 e. The Bertz CT molecular complexity index is 294. The largest absolute Gasteiger partial charge is 0.374 e. The first-order valence-electron chi connectivity index (χ1n) is 7.25. The smallest absolute Gasteiger partial charge is 0.227 e. The molecule has 0 aromatic carbocycles. The molecule has 0 aromatic rings. The van der Waals surface area contributed by atoms with Crippen molar-refractivity contribution in [2.24, 2.45) is 17.6 Å². The lowest BCUT2D eigenvalue weighted by molar-refractivity contribution is -0.148. The summed E-state index contributed by atoms with van der Waals surface area (Å²) < 4.78 is 5.75. The van der Waals surface area contributed by atoms with Gasteiger partial charge in [0.1, 0.15) is 0 Å². The highest BCUT2D eigenvalue weighted by Crippen LogP contribution is 2.31. The van der Waals surface area contributed by atoms with Crippen LogP contribution in [0.3, 0.4) is 0 Å². The quantitative estimate of drug-likeness (QED) is 0.825. The van der Waals surface area contributed by atoms with E-state index in [1.807, 2.05) is 0 Å². The molecule has 2 fully saturated rings. The second kappa shape index (κ2) is 6.02. The zero-order valence-electron chi connectivity index (χ0n) is 11.6. The number of hydrogen-bond acceptors (Lipinski definition) is 3. The van der Waals surface area contributed by atoms with Gasteiger partial charge in [0, 0.05) is 13.1 Å². The van der Waals surface area contributed by atoms with Gasteiger partial charge in [-0.2, -0.15) is 0 Å². The molecule has 0 aromatic heterocycles. The minimum atomic E-state index is -0.00986. The number of rotatable bonds is 4. The fourth-order valence-corrected chi connectivity index (χ4v) is 3.30. The van der Waals surface area contributed by atoms with E-state index in [-0.39, 0.29) is 17.9 Å². The first-order chi connectivity index (χ1) is 8.63. The third-order valence-electron chi connectivity index (χ3n) is 4.15. The van der Waals surface area contributed by atoms with Gasteiger partial charge in [-0.15, -0.1) is 0 Å². The summed E-state index contributed by atoms with van der Waals surface area (Å²) >= 11 is 0. The van der Waals surface area contributed by atoms with Crippen molar-refractivity contribution >= 4 is 5.91 Å². The van der Waals surface area contributed by atoms with Gasteiger partial charge < -0.3 is 15.4 Å². The molecule has 104 valence electrons. The van der Waals surface area contributed by atoms with Gasteiger partial charge in [-0.1, -0.05) is 13.8 Å². The van der Waals surface area contributed by atoms with Crippen LogP contribution in [0.25, 0.3) is 0 Å². The van der Waals surface area contributed by atoms with E-state index < -0.39 is 0 Å². The molecule has 1 saturated heterocycles. The van der Waals surface area contributed by atoms with Crippen molar-refractivity contribution in [2.45, 2.75) is 51.7 Å². The van der Waals surface area contributed by atoms with Crippen molar-refractivity contribution in [3.05, 3.63) is 0 Å². The average Bonchev–Trinajstić information content (AvgIpc) is 2.82. The van der Waals surface area contributed by atoms with E-state index in [1.165, 1.54) is 6.42 Å². The Labute approximate surface area is 110 Å². The van der Waals surface area contributed by atoms with Gasteiger partial charge in [-0.3, -0.25) is 4.79 Å². The van der Waals surface area contributed by atoms with E-state index >= 15 is 0 Å². The van der Waals surface area contributed by atoms with Crippen LogP contribution < -0.4 is 5.73 Å². The number of amides is 1. The van der Waals surface area contributed by atoms with Crippen LogP contribution in [0.4, 0.5) is 0 Å². The molecule has 4 nitrogen and oxygen atoms in total. The van der Waals surface area contributed by atoms with Crippen molar-refractivity contribution in [1.82, 2.24) is 4.90 Å². The standard InChI is InChI=1S/C14H26N2O2/c1-10(2)8-11(9-15)14(17)16-6-7-18-13-5-3-4-12(13)16/h10-13H,3-9,15H2,1-2H3. The summed E-state index contributed by atoms with van der Waals surface area (Å²) in [6.45, 7) is 6.19. The molecule has 2 N–H and O–H groups in total. The van der Waals surface area contributed by atoms with Crippen LogP contribution in [0.5, 0.6) is 0 Å². The molecule has 2 aliphatic rings. The maximum absolute atomic E-state index is 12.6. The van der Waals surface area contributed by atoms with E-state index in [9.17, 15) is 4.79 Å². The molecule has 1 heterocycles. The molecule has 3 atom stereocenters. The average molecular weight is 254 g/mol. The van der Waals surface area contributed by atoms with Crippen LogP contribution >= 0.6 is 0 Å². The van der Waals surface area contributed by atoms with Gasteiger partial charge in [-0.05, 0) is 31.6 Å². The number of nitrogens with zero attached hydrogens (tertiary/aromatic N) is 1. The summed E-state index contributed by atoms with van der Waals surface area (Å²) in [6.07, 6.45) is 4.54. The van der Waals surface area contributed by atoms with Crippen LogP contribution in [0, 0.1) is 11.8 Å². The lowest BCUT2D eigenvalue weighted by Crippen LogP contribution is -2.53. The molecule has 0 bridgehead atoms.